The summed E-state index contributed by atoms with van der Waals surface area (Å²) >= 11 is 0. The Balaban J connectivity index is 1.23. The first-order chi connectivity index (χ1) is 16.6. The molecule has 0 saturated carbocycles. The van der Waals surface area contributed by atoms with Crippen LogP contribution >= 0.6 is 0 Å². The predicted octanol–water partition coefficient (Wildman–Crippen LogP) is 4.76. The highest BCUT2D eigenvalue weighted by Gasteiger charge is 2.17. The van der Waals surface area contributed by atoms with Gasteiger partial charge in [0.2, 0.25) is 0 Å². The fourth-order valence-electron chi connectivity index (χ4n) is 4.28. The molecule has 2 aromatic carbocycles. The number of anilines is 1. The Labute approximate surface area is 200 Å². The Hall–Kier alpha value is -3.58. The van der Waals surface area contributed by atoms with Crippen molar-refractivity contribution >= 4 is 17.6 Å². The summed E-state index contributed by atoms with van der Waals surface area (Å²) in [6, 6.07) is 18.7. The van der Waals surface area contributed by atoms with Crippen molar-refractivity contribution in [1.29, 1.82) is 0 Å². The minimum absolute atomic E-state index is 0.211. The number of carbonyl (C=O) groups excluding carboxylic acids is 2. The van der Waals surface area contributed by atoms with Gasteiger partial charge in [-0.3, -0.25) is 9.69 Å². The molecule has 3 amide bonds. The highest BCUT2D eigenvalue weighted by Crippen LogP contribution is 2.19. The molecule has 1 aliphatic rings. The highest BCUT2D eigenvalue weighted by molar-refractivity contribution is 6.02. The van der Waals surface area contributed by atoms with Crippen molar-refractivity contribution < 1.29 is 14.0 Å². The van der Waals surface area contributed by atoms with Crippen LogP contribution < -0.4 is 16.0 Å². The predicted molar refractivity (Wildman–Crippen MR) is 132 cm³/mol. The van der Waals surface area contributed by atoms with E-state index in [1.54, 1.807) is 24.3 Å². The van der Waals surface area contributed by atoms with E-state index in [4.69, 9.17) is 4.42 Å². The maximum atomic E-state index is 12.4. The number of rotatable bonds is 8. The van der Waals surface area contributed by atoms with Gasteiger partial charge in [-0.25, -0.2) is 4.79 Å². The zero-order chi connectivity index (χ0) is 23.8. The average molecular weight is 461 g/mol. The highest BCUT2D eigenvalue weighted by atomic mass is 16.3. The summed E-state index contributed by atoms with van der Waals surface area (Å²) in [5.74, 6) is 0.700. The van der Waals surface area contributed by atoms with Crippen LogP contribution in [0, 0.1) is 5.92 Å². The van der Waals surface area contributed by atoms with Gasteiger partial charge >= 0.3 is 6.03 Å². The zero-order valence-corrected chi connectivity index (χ0v) is 19.5. The molecule has 0 bridgehead atoms. The van der Waals surface area contributed by atoms with Crippen LogP contribution in [-0.2, 0) is 19.6 Å². The van der Waals surface area contributed by atoms with Crippen molar-refractivity contribution in [3.8, 4) is 0 Å². The van der Waals surface area contributed by atoms with Gasteiger partial charge in [-0.1, -0.05) is 43.3 Å². The second kappa shape index (κ2) is 11.5. The third kappa shape index (κ3) is 6.71. The fourth-order valence-corrected chi connectivity index (χ4v) is 4.28. The van der Waals surface area contributed by atoms with Gasteiger partial charge in [0.25, 0.3) is 5.91 Å². The molecular weight excluding hydrogens is 428 g/mol. The standard InChI is InChI=1S/C27H32N4O3/c1-20-6-4-14-31(18-20)19-23-8-3-2-7-22(23)17-29-27(33)28-16-21-10-12-24(13-11-21)30-26(32)25-9-5-15-34-25/h2-3,5,7-13,15,20H,4,6,14,16-19H2,1H3,(H,30,32)(H2,28,29,33). The third-order valence-corrected chi connectivity index (χ3v) is 6.10. The lowest BCUT2D eigenvalue weighted by Crippen LogP contribution is -2.36. The summed E-state index contributed by atoms with van der Waals surface area (Å²) in [6.45, 7) is 6.39. The van der Waals surface area contributed by atoms with Crippen LogP contribution in [0.4, 0.5) is 10.5 Å². The molecular formula is C27H32N4O3. The van der Waals surface area contributed by atoms with Gasteiger partial charge in [0.05, 0.1) is 6.26 Å². The molecule has 0 aliphatic carbocycles. The molecule has 0 spiro atoms. The van der Waals surface area contributed by atoms with Gasteiger partial charge < -0.3 is 20.4 Å². The van der Waals surface area contributed by atoms with E-state index >= 15 is 0 Å². The molecule has 178 valence electrons. The van der Waals surface area contributed by atoms with Crippen LogP contribution in [0.2, 0.25) is 0 Å². The number of piperidine rings is 1. The Morgan fingerprint density at radius 1 is 0.971 bits per heavy atom. The van der Waals surface area contributed by atoms with Crippen molar-refractivity contribution in [3.05, 3.63) is 89.4 Å². The van der Waals surface area contributed by atoms with Crippen molar-refractivity contribution in [3.63, 3.8) is 0 Å². The Morgan fingerprint density at radius 2 is 1.74 bits per heavy atom. The van der Waals surface area contributed by atoms with Gasteiger partial charge in [0.1, 0.15) is 0 Å². The monoisotopic (exact) mass is 460 g/mol. The topological polar surface area (TPSA) is 86.6 Å². The lowest BCUT2D eigenvalue weighted by molar-refractivity contribution is 0.0996. The van der Waals surface area contributed by atoms with E-state index in [0.717, 1.165) is 36.7 Å². The quantitative estimate of drug-likeness (QED) is 0.452. The van der Waals surface area contributed by atoms with E-state index in [1.165, 1.54) is 24.7 Å². The number of likely N-dealkylation sites (tertiary alicyclic amines) is 1. The molecule has 3 N–H and O–H groups in total. The van der Waals surface area contributed by atoms with Gasteiger partial charge in [-0.2, -0.15) is 0 Å². The molecule has 1 fully saturated rings. The number of hydrogen-bond donors (Lipinski definition) is 3. The van der Waals surface area contributed by atoms with E-state index in [0.29, 0.717) is 18.8 Å². The summed E-state index contributed by atoms with van der Waals surface area (Å²) in [4.78, 5) is 26.9. The lowest BCUT2D eigenvalue weighted by atomic mass is 9.99. The molecule has 1 saturated heterocycles. The van der Waals surface area contributed by atoms with Gasteiger partial charge in [-0.15, -0.1) is 0 Å². The molecule has 1 atom stereocenters. The van der Waals surface area contributed by atoms with Crippen LogP contribution in [0.1, 0.15) is 47.0 Å². The molecule has 1 aliphatic heterocycles. The summed E-state index contributed by atoms with van der Waals surface area (Å²) in [5, 5.41) is 8.64. The lowest BCUT2D eigenvalue weighted by Gasteiger charge is -2.31. The van der Waals surface area contributed by atoms with Crippen LogP contribution in [0.15, 0.2) is 71.3 Å². The van der Waals surface area contributed by atoms with Crippen molar-refractivity contribution in [2.45, 2.75) is 39.4 Å². The summed E-state index contributed by atoms with van der Waals surface area (Å²) in [7, 11) is 0. The molecule has 34 heavy (non-hydrogen) atoms. The molecule has 3 aromatic rings. The molecule has 4 rings (SSSR count). The molecule has 2 heterocycles. The van der Waals surface area contributed by atoms with Crippen LogP contribution in [0.25, 0.3) is 0 Å². The summed E-state index contributed by atoms with van der Waals surface area (Å²) < 4.78 is 5.09. The number of nitrogens with zero attached hydrogens (tertiary/aromatic N) is 1. The second-order valence-corrected chi connectivity index (χ2v) is 8.92. The smallest absolute Gasteiger partial charge is 0.315 e. The van der Waals surface area contributed by atoms with E-state index in [9.17, 15) is 9.59 Å². The fraction of sp³-hybridized carbons (Fsp3) is 0.333. The Bertz CT molecular complexity index is 1080. The molecule has 7 heteroatoms. The van der Waals surface area contributed by atoms with Crippen LogP contribution in [0.5, 0.6) is 0 Å². The van der Waals surface area contributed by atoms with E-state index in [-0.39, 0.29) is 17.7 Å². The van der Waals surface area contributed by atoms with E-state index < -0.39 is 0 Å². The van der Waals surface area contributed by atoms with Crippen LogP contribution in [0.3, 0.4) is 0 Å². The molecule has 7 nitrogen and oxygen atoms in total. The van der Waals surface area contributed by atoms with E-state index in [1.807, 2.05) is 18.2 Å². The van der Waals surface area contributed by atoms with Crippen molar-refractivity contribution in [2.24, 2.45) is 5.92 Å². The van der Waals surface area contributed by atoms with Gasteiger partial charge in [0, 0.05) is 31.9 Å². The van der Waals surface area contributed by atoms with Crippen LogP contribution in [-0.4, -0.2) is 29.9 Å². The average Bonchev–Trinajstić information content (AvgIpc) is 3.38. The first-order valence-corrected chi connectivity index (χ1v) is 11.8. The zero-order valence-electron chi connectivity index (χ0n) is 19.5. The third-order valence-electron chi connectivity index (χ3n) is 6.10. The number of furan rings is 1. The number of hydrogen-bond acceptors (Lipinski definition) is 4. The first kappa shape index (κ1) is 23.6. The SMILES string of the molecule is CC1CCCN(Cc2ccccc2CNC(=O)NCc2ccc(NC(=O)c3ccco3)cc2)C1. The minimum atomic E-state index is -0.301. The second-order valence-electron chi connectivity index (χ2n) is 8.92. The maximum Gasteiger partial charge on any atom is 0.315 e. The number of nitrogens with one attached hydrogen (secondary N) is 3. The van der Waals surface area contributed by atoms with Gasteiger partial charge in [-0.05, 0) is 66.3 Å². The number of amides is 3. The number of urea groups is 1. The number of benzene rings is 2. The molecule has 1 unspecified atom stereocenters. The Morgan fingerprint density at radius 3 is 2.47 bits per heavy atom. The summed E-state index contributed by atoms with van der Waals surface area (Å²) in [6.07, 6.45) is 4.02. The van der Waals surface area contributed by atoms with Crippen molar-refractivity contribution in [1.82, 2.24) is 15.5 Å². The van der Waals surface area contributed by atoms with Crippen molar-refractivity contribution in [2.75, 3.05) is 18.4 Å². The summed E-state index contributed by atoms with van der Waals surface area (Å²) in [5.41, 5.74) is 4.01. The Kier molecular flexibility index (Phi) is 7.99. The number of carbonyl (C=O) groups is 2. The largest absolute Gasteiger partial charge is 0.459 e. The minimum Gasteiger partial charge on any atom is -0.459 e. The molecule has 1 aromatic heterocycles. The van der Waals surface area contributed by atoms with E-state index in [2.05, 4.69) is 46.0 Å². The normalized spacial score (nSPS) is 16.1. The first-order valence-electron chi connectivity index (χ1n) is 11.8. The van der Waals surface area contributed by atoms with Gasteiger partial charge in [0.15, 0.2) is 5.76 Å². The maximum absolute atomic E-state index is 12.4. The molecule has 0 radical (unpaired) electrons.